The zero-order valence-electron chi connectivity index (χ0n) is 9.98. The molecule has 0 spiro atoms. The van der Waals surface area contributed by atoms with Crippen LogP contribution in [-0.4, -0.2) is 43.3 Å². The van der Waals surface area contributed by atoms with Gasteiger partial charge in [0.2, 0.25) is 0 Å². The largest absolute Gasteiger partial charge is 0.390 e. The lowest BCUT2D eigenvalue weighted by Crippen LogP contribution is -2.43. The van der Waals surface area contributed by atoms with Gasteiger partial charge in [-0.15, -0.1) is 0 Å². The van der Waals surface area contributed by atoms with Crippen LogP contribution >= 0.6 is 0 Å². The number of hydrogen-bond donors (Lipinski definition) is 1. The molecule has 0 aliphatic carbocycles. The molecule has 0 amide bonds. The first-order valence-electron chi connectivity index (χ1n) is 5.89. The fraction of sp³-hybridized carbons (Fsp3) is 1.00. The highest BCUT2D eigenvalue weighted by atomic mass is 19.4. The number of rotatable bonds is 2. The summed E-state index contributed by atoms with van der Waals surface area (Å²) in [7, 11) is 0. The van der Waals surface area contributed by atoms with E-state index in [1.165, 1.54) is 0 Å². The minimum Gasteiger partial charge on any atom is -0.314 e. The third-order valence-corrected chi connectivity index (χ3v) is 2.97. The Hall–Kier alpha value is -0.290. The van der Waals surface area contributed by atoms with Crippen molar-refractivity contribution in [1.29, 1.82) is 0 Å². The van der Waals surface area contributed by atoms with Crippen molar-refractivity contribution in [1.82, 2.24) is 10.2 Å². The van der Waals surface area contributed by atoms with Gasteiger partial charge in [-0.25, -0.2) is 0 Å². The topological polar surface area (TPSA) is 15.3 Å². The van der Waals surface area contributed by atoms with E-state index in [1.54, 1.807) is 0 Å². The molecule has 0 saturated carbocycles. The van der Waals surface area contributed by atoms with E-state index >= 15 is 0 Å². The molecule has 0 aromatic rings. The molecule has 1 saturated heterocycles. The summed E-state index contributed by atoms with van der Waals surface area (Å²) in [4.78, 5) is 1.94. The summed E-state index contributed by atoms with van der Waals surface area (Å²) < 4.78 is 36.4. The molecule has 0 bridgehead atoms. The van der Waals surface area contributed by atoms with Crippen LogP contribution in [0.25, 0.3) is 0 Å². The summed E-state index contributed by atoms with van der Waals surface area (Å²) in [6.45, 7) is 6.71. The Bertz CT molecular complexity index is 206. The van der Waals surface area contributed by atoms with Crippen molar-refractivity contribution >= 4 is 0 Å². The highest BCUT2D eigenvalue weighted by Gasteiger charge is 2.28. The lowest BCUT2D eigenvalue weighted by molar-refractivity contribution is -0.138. The fourth-order valence-corrected chi connectivity index (χ4v) is 1.97. The Balaban J connectivity index is 2.38. The van der Waals surface area contributed by atoms with Crippen LogP contribution in [0.1, 0.15) is 26.7 Å². The van der Waals surface area contributed by atoms with Crippen LogP contribution < -0.4 is 5.32 Å². The standard InChI is InChI=1S/C11H21F3N2/c1-9-7-15-10(2)3-5-16(8-9)6-4-11(12,13)14/h9-10,15H,3-8H2,1-2H3. The van der Waals surface area contributed by atoms with Gasteiger partial charge >= 0.3 is 6.18 Å². The number of nitrogens with one attached hydrogen (secondary N) is 1. The Morgan fingerprint density at radius 3 is 2.62 bits per heavy atom. The molecule has 0 aromatic heterocycles. The highest BCUT2D eigenvalue weighted by Crippen LogP contribution is 2.20. The van der Waals surface area contributed by atoms with Crippen LogP contribution in [-0.2, 0) is 0 Å². The van der Waals surface area contributed by atoms with Gasteiger partial charge in [0.15, 0.2) is 0 Å². The summed E-state index contributed by atoms with van der Waals surface area (Å²) in [6, 6.07) is 0.399. The second-order valence-corrected chi connectivity index (χ2v) is 4.87. The minimum atomic E-state index is -4.03. The predicted molar refractivity (Wildman–Crippen MR) is 58.4 cm³/mol. The van der Waals surface area contributed by atoms with Crippen LogP contribution in [0.4, 0.5) is 13.2 Å². The van der Waals surface area contributed by atoms with E-state index in [2.05, 4.69) is 19.2 Å². The zero-order valence-corrected chi connectivity index (χ0v) is 9.98. The van der Waals surface area contributed by atoms with Gasteiger partial charge in [0.1, 0.15) is 0 Å². The summed E-state index contributed by atoms with van der Waals surface area (Å²) in [6.07, 6.45) is -3.80. The van der Waals surface area contributed by atoms with Gasteiger partial charge in [0.25, 0.3) is 0 Å². The van der Waals surface area contributed by atoms with Gasteiger partial charge in [-0.05, 0) is 32.4 Å². The molecule has 5 heteroatoms. The molecule has 1 fully saturated rings. The van der Waals surface area contributed by atoms with Gasteiger partial charge < -0.3 is 10.2 Å². The van der Waals surface area contributed by atoms with E-state index < -0.39 is 12.6 Å². The quantitative estimate of drug-likeness (QED) is 0.794. The van der Waals surface area contributed by atoms with Gasteiger partial charge in [0.05, 0.1) is 6.42 Å². The second-order valence-electron chi connectivity index (χ2n) is 4.87. The molecule has 16 heavy (non-hydrogen) atoms. The number of halogens is 3. The van der Waals surface area contributed by atoms with Gasteiger partial charge in [-0.3, -0.25) is 0 Å². The average molecular weight is 238 g/mol. The van der Waals surface area contributed by atoms with Crippen molar-refractivity contribution < 1.29 is 13.2 Å². The molecule has 1 N–H and O–H groups in total. The van der Waals surface area contributed by atoms with Crippen molar-refractivity contribution in [3.8, 4) is 0 Å². The Morgan fingerprint density at radius 2 is 2.00 bits per heavy atom. The molecular weight excluding hydrogens is 217 g/mol. The van der Waals surface area contributed by atoms with E-state index in [4.69, 9.17) is 0 Å². The molecule has 1 heterocycles. The third kappa shape index (κ3) is 5.70. The van der Waals surface area contributed by atoms with Gasteiger partial charge in [-0.1, -0.05) is 6.92 Å². The SMILES string of the molecule is CC1CNC(C)CCN(CCC(F)(F)F)C1. The van der Waals surface area contributed by atoms with Crippen LogP contribution in [0.15, 0.2) is 0 Å². The third-order valence-electron chi connectivity index (χ3n) is 2.97. The van der Waals surface area contributed by atoms with E-state index in [0.29, 0.717) is 12.0 Å². The van der Waals surface area contributed by atoms with E-state index in [1.807, 2.05) is 4.90 Å². The lowest BCUT2D eigenvalue weighted by Gasteiger charge is -2.31. The van der Waals surface area contributed by atoms with E-state index in [-0.39, 0.29) is 6.54 Å². The fourth-order valence-electron chi connectivity index (χ4n) is 1.97. The van der Waals surface area contributed by atoms with E-state index in [9.17, 15) is 13.2 Å². The Morgan fingerprint density at radius 1 is 1.31 bits per heavy atom. The van der Waals surface area contributed by atoms with Gasteiger partial charge in [0, 0.05) is 19.1 Å². The van der Waals surface area contributed by atoms with Crippen molar-refractivity contribution in [2.24, 2.45) is 5.92 Å². The second kappa shape index (κ2) is 5.87. The molecule has 1 aliphatic rings. The minimum absolute atomic E-state index is 0.139. The van der Waals surface area contributed by atoms with Crippen molar-refractivity contribution in [2.75, 3.05) is 26.2 Å². The zero-order chi connectivity index (χ0) is 12.2. The van der Waals surface area contributed by atoms with Crippen molar-refractivity contribution in [3.63, 3.8) is 0 Å². The first-order chi connectivity index (χ1) is 7.37. The smallest absolute Gasteiger partial charge is 0.314 e. The van der Waals surface area contributed by atoms with Crippen LogP contribution in [0, 0.1) is 5.92 Å². The van der Waals surface area contributed by atoms with Gasteiger partial charge in [-0.2, -0.15) is 13.2 Å². The normalized spacial score (nSPS) is 29.8. The number of nitrogens with zero attached hydrogens (tertiary/aromatic N) is 1. The molecule has 2 nitrogen and oxygen atoms in total. The number of hydrogen-bond acceptors (Lipinski definition) is 2. The van der Waals surface area contributed by atoms with Crippen LogP contribution in [0.2, 0.25) is 0 Å². The summed E-state index contributed by atoms with van der Waals surface area (Å²) in [5, 5.41) is 3.38. The Labute approximate surface area is 95.2 Å². The molecule has 1 rings (SSSR count). The molecule has 1 aliphatic heterocycles. The lowest BCUT2D eigenvalue weighted by atomic mass is 10.1. The summed E-state index contributed by atoms with van der Waals surface area (Å²) in [5.74, 6) is 0.413. The van der Waals surface area contributed by atoms with Crippen LogP contribution in [0.5, 0.6) is 0 Å². The molecular formula is C11H21F3N2. The molecule has 96 valence electrons. The summed E-state index contributed by atoms with van der Waals surface area (Å²) >= 11 is 0. The molecule has 2 atom stereocenters. The van der Waals surface area contributed by atoms with Crippen molar-refractivity contribution in [2.45, 2.75) is 38.9 Å². The average Bonchev–Trinajstić information content (AvgIpc) is 2.15. The molecule has 0 aromatic carbocycles. The number of alkyl halides is 3. The highest BCUT2D eigenvalue weighted by molar-refractivity contribution is 4.74. The first kappa shape index (κ1) is 13.8. The Kier molecular flexibility index (Phi) is 5.05. The van der Waals surface area contributed by atoms with Crippen LogP contribution in [0.3, 0.4) is 0 Å². The summed E-state index contributed by atoms with van der Waals surface area (Å²) in [5.41, 5.74) is 0. The maximum Gasteiger partial charge on any atom is 0.390 e. The monoisotopic (exact) mass is 238 g/mol. The van der Waals surface area contributed by atoms with E-state index in [0.717, 1.165) is 26.1 Å². The molecule has 0 radical (unpaired) electrons. The maximum absolute atomic E-state index is 12.1. The molecule has 2 unspecified atom stereocenters. The maximum atomic E-state index is 12.1. The predicted octanol–water partition coefficient (Wildman–Crippen LogP) is 2.26. The van der Waals surface area contributed by atoms with Crippen molar-refractivity contribution in [3.05, 3.63) is 0 Å². The first-order valence-corrected chi connectivity index (χ1v) is 5.89.